The highest BCUT2D eigenvalue weighted by Gasteiger charge is 2.27. The summed E-state index contributed by atoms with van der Waals surface area (Å²) in [6.07, 6.45) is 2.28. The summed E-state index contributed by atoms with van der Waals surface area (Å²) in [6, 6.07) is 7.74. The summed E-state index contributed by atoms with van der Waals surface area (Å²) in [5, 5.41) is 2.33. The van der Waals surface area contributed by atoms with Crippen molar-refractivity contribution in [1.29, 1.82) is 0 Å². The van der Waals surface area contributed by atoms with Crippen molar-refractivity contribution in [2.75, 3.05) is 0 Å². The zero-order chi connectivity index (χ0) is 16.9. The molecule has 24 heavy (non-hydrogen) atoms. The Hall–Kier alpha value is -2.21. The zero-order valence-corrected chi connectivity index (χ0v) is 14.3. The van der Waals surface area contributed by atoms with Gasteiger partial charge in [-0.1, -0.05) is 17.7 Å². The number of ether oxygens (including phenoxy) is 2. The topological polar surface area (TPSA) is 65.5 Å². The molecule has 1 aliphatic rings. The molecule has 1 atom stereocenters. The third-order valence-corrected chi connectivity index (χ3v) is 4.71. The molecule has 126 valence electrons. The zero-order valence-electron chi connectivity index (χ0n) is 13.5. The van der Waals surface area contributed by atoms with Gasteiger partial charge in [-0.25, -0.2) is 9.78 Å². The van der Waals surface area contributed by atoms with Crippen molar-refractivity contribution in [3.8, 4) is 5.75 Å². The highest BCUT2D eigenvalue weighted by atomic mass is 32.1. The molecular formula is C18H19NO4S. The molecular weight excluding hydrogens is 326 g/mol. The Morgan fingerprint density at radius 3 is 2.83 bits per heavy atom. The minimum Gasteiger partial charge on any atom is -0.486 e. The van der Waals surface area contributed by atoms with Crippen molar-refractivity contribution in [2.24, 2.45) is 0 Å². The van der Waals surface area contributed by atoms with Crippen molar-refractivity contribution >= 4 is 23.1 Å². The maximum absolute atomic E-state index is 12.1. The van der Waals surface area contributed by atoms with Gasteiger partial charge in [0, 0.05) is 11.8 Å². The first-order valence-electron chi connectivity index (χ1n) is 7.99. The van der Waals surface area contributed by atoms with Gasteiger partial charge in [-0.3, -0.25) is 4.79 Å². The lowest BCUT2D eigenvalue weighted by atomic mass is 9.96. The number of nitrogens with zero attached hydrogens (tertiary/aromatic N) is 1. The van der Waals surface area contributed by atoms with Crippen LogP contribution in [0, 0.1) is 6.92 Å². The number of aryl methyl sites for hydroxylation is 1. The summed E-state index contributed by atoms with van der Waals surface area (Å²) in [5.74, 6) is 0.230. The third-order valence-electron chi connectivity index (χ3n) is 3.89. The van der Waals surface area contributed by atoms with Gasteiger partial charge in [-0.15, -0.1) is 11.3 Å². The fourth-order valence-electron chi connectivity index (χ4n) is 2.52. The largest absolute Gasteiger partial charge is 0.486 e. The number of ketones is 1. The predicted octanol–water partition coefficient (Wildman–Crippen LogP) is 3.70. The normalized spacial score (nSPS) is 17.5. The maximum Gasteiger partial charge on any atom is 0.358 e. The number of aromatic nitrogens is 1. The van der Waals surface area contributed by atoms with Gasteiger partial charge in [0.15, 0.2) is 17.6 Å². The summed E-state index contributed by atoms with van der Waals surface area (Å²) in [4.78, 5) is 28.1. The SMILES string of the molecule is Cc1ccc(OCc2nc(C(=O)O[C@@H]3CCCCC3=O)cs2)cc1. The van der Waals surface area contributed by atoms with Crippen molar-refractivity contribution in [2.45, 2.75) is 45.3 Å². The van der Waals surface area contributed by atoms with Gasteiger partial charge < -0.3 is 9.47 Å². The summed E-state index contributed by atoms with van der Waals surface area (Å²) in [5.41, 5.74) is 1.40. The first-order chi connectivity index (χ1) is 11.6. The Bertz CT molecular complexity index is 723. The molecule has 2 aromatic rings. The number of hydrogen-bond acceptors (Lipinski definition) is 6. The first kappa shape index (κ1) is 16.6. The average molecular weight is 345 g/mol. The minimum absolute atomic E-state index is 0.00718. The van der Waals surface area contributed by atoms with E-state index in [4.69, 9.17) is 9.47 Å². The fraction of sp³-hybridized carbons (Fsp3) is 0.389. The van der Waals surface area contributed by atoms with Crippen LogP contribution in [0.4, 0.5) is 0 Å². The van der Waals surface area contributed by atoms with Crippen LogP contribution in [0.25, 0.3) is 0 Å². The van der Waals surface area contributed by atoms with Crippen LogP contribution in [0.5, 0.6) is 5.75 Å². The van der Waals surface area contributed by atoms with Gasteiger partial charge in [0.1, 0.15) is 17.4 Å². The van der Waals surface area contributed by atoms with Crippen molar-refractivity contribution in [3.05, 3.63) is 45.9 Å². The number of hydrogen-bond donors (Lipinski definition) is 0. The standard InChI is InChI=1S/C18H19NO4S/c1-12-6-8-13(9-7-12)22-10-17-19-14(11-24-17)18(21)23-16-5-3-2-4-15(16)20/h6-9,11,16H,2-5,10H2,1H3/t16-/m1/s1. The van der Waals surface area contributed by atoms with Gasteiger partial charge >= 0.3 is 5.97 Å². The highest BCUT2D eigenvalue weighted by molar-refractivity contribution is 7.09. The number of carbonyl (C=O) groups excluding carboxylic acids is 2. The number of thiazole rings is 1. The molecule has 1 aliphatic carbocycles. The molecule has 0 N–H and O–H groups in total. The smallest absolute Gasteiger partial charge is 0.358 e. The van der Waals surface area contributed by atoms with E-state index in [0.717, 1.165) is 18.6 Å². The predicted molar refractivity (Wildman–Crippen MR) is 90.3 cm³/mol. The second-order valence-electron chi connectivity index (χ2n) is 5.83. The van der Waals surface area contributed by atoms with Gasteiger partial charge in [-0.05, 0) is 38.3 Å². The van der Waals surface area contributed by atoms with Crippen LogP contribution in [0.1, 0.15) is 46.7 Å². The van der Waals surface area contributed by atoms with E-state index in [9.17, 15) is 9.59 Å². The molecule has 3 rings (SSSR count). The van der Waals surface area contributed by atoms with Gasteiger partial charge in [0.25, 0.3) is 0 Å². The van der Waals surface area contributed by atoms with Crippen LogP contribution in [-0.2, 0) is 16.1 Å². The Labute approximate surface area is 144 Å². The van der Waals surface area contributed by atoms with Crippen LogP contribution in [0.15, 0.2) is 29.6 Å². The second kappa shape index (κ2) is 7.57. The van der Waals surface area contributed by atoms with E-state index < -0.39 is 12.1 Å². The van der Waals surface area contributed by atoms with E-state index in [-0.39, 0.29) is 11.5 Å². The van der Waals surface area contributed by atoms with Crippen molar-refractivity contribution < 1.29 is 19.1 Å². The molecule has 0 amide bonds. The van der Waals surface area contributed by atoms with Crippen LogP contribution < -0.4 is 4.74 Å². The molecule has 1 aromatic carbocycles. The number of esters is 1. The summed E-state index contributed by atoms with van der Waals surface area (Å²) >= 11 is 1.34. The Morgan fingerprint density at radius 2 is 2.08 bits per heavy atom. The molecule has 1 saturated carbocycles. The van der Waals surface area contributed by atoms with E-state index in [1.54, 1.807) is 5.38 Å². The first-order valence-corrected chi connectivity index (χ1v) is 8.87. The van der Waals surface area contributed by atoms with Crippen LogP contribution >= 0.6 is 11.3 Å². The van der Waals surface area contributed by atoms with Crippen LogP contribution in [-0.4, -0.2) is 22.8 Å². The Kier molecular flexibility index (Phi) is 5.25. The Morgan fingerprint density at radius 1 is 1.29 bits per heavy atom. The van der Waals surface area contributed by atoms with Crippen LogP contribution in [0.3, 0.4) is 0 Å². The van der Waals surface area contributed by atoms with E-state index in [2.05, 4.69) is 4.98 Å². The minimum atomic E-state index is -0.611. The number of benzene rings is 1. The number of rotatable bonds is 5. The molecule has 1 heterocycles. The number of Topliss-reactive ketones (excluding diaryl/α,β-unsaturated/α-hetero) is 1. The maximum atomic E-state index is 12.1. The summed E-state index contributed by atoms with van der Waals surface area (Å²) in [7, 11) is 0. The van der Waals surface area contributed by atoms with Crippen LogP contribution in [0.2, 0.25) is 0 Å². The molecule has 0 radical (unpaired) electrons. The third kappa shape index (κ3) is 4.20. The van der Waals surface area contributed by atoms with E-state index >= 15 is 0 Å². The summed E-state index contributed by atoms with van der Waals surface area (Å²) < 4.78 is 10.9. The lowest BCUT2D eigenvalue weighted by Gasteiger charge is -2.20. The molecule has 0 unspecified atom stereocenters. The van der Waals surface area contributed by atoms with Crippen molar-refractivity contribution in [3.63, 3.8) is 0 Å². The summed E-state index contributed by atoms with van der Waals surface area (Å²) in [6.45, 7) is 2.31. The quantitative estimate of drug-likeness (QED) is 0.773. The molecule has 0 spiro atoms. The molecule has 0 bridgehead atoms. The van der Waals surface area contributed by atoms with E-state index in [1.165, 1.54) is 16.9 Å². The second-order valence-corrected chi connectivity index (χ2v) is 6.78. The lowest BCUT2D eigenvalue weighted by molar-refractivity contribution is -0.129. The highest BCUT2D eigenvalue weighted by Crippen LogP contribution is 2.20. The van der Waals surface area contributed by atoms with E-state index in [1.807, 2.05) is 31.2 Å². The van der Waals surface area contributed by atoms with Gasteiger partial charge in [0.2, 0.25) is 0 Å². The van der Waals surface area contributed by atoms with Gasteiger partial charge in [0.05, 0.1) is 0 Å². The lowest BCUT2D eigenvalue weighted by Crippen LogP contribution is -2.30. The number of carbonyl (C=O) groups is 2. The molecule has 1 aromatic heterocycles. The molecule has 1 fully saturated rings. The van der Waals surface area contributed by atoms with Gasteiger partial charge in [-0.2, -0.15) is 0 Å². The molecule has 0 saturated heterocycles. The van der Waals surface area contributed by atoms with E-state index in [0.29, 0.717) is 24.5 Å². The molecule has 5 nitrogen and oxygen atoms in total. The molecule has 6 heteroatoms. The molecule has 0 aliphatic heterocycles. The fourth-order valence-corrected chi connectivity index (χ4v) is 3.19. The Balaban J connectivity index is 1.55. The monoisotopic (exact) mass is 345 g/mol. The average Bonchev–Trinajstić information content (AvgIpc) is 3.06. The van der Waals surface area contributed by atoms with Crippen molar-refractivity contribution in [1.82, 2.24) is 4.98 Å².